The molecule has 0 spiro atoms. The second-order valence-corrected chi connectivity index (χ2v) is 5.30. The number of nitrogen functional groups attached to an aromatic ring is 1. The first-order chi connectivity index (χ1) is 9.02. The Kier molecular flexibility index (Phi) is 4.23. The lowest BCUT2D eigenvalue weighted by Gasteiger charge is -2.29. The number of halogens is 2. The maximum absolute atomic E-state index is 6.24. The van der Waals surface area contributed by atoms with Gasteiger partial charge in [0.1, 0.15) is 0 Å². The molecule has 2 N–H and O–H groups in total. The van der Waals surface area contributed by atoms with Crippen LogP contribution >= 0.6 is 23.2 Å². The van der Waals surface area contributed by atoms with Gasteiger partial charge in [-0.1, -0.05) is 47.5 Å². The lowest BCUT2D eigenvalue weighted by Crippen LogP contribution is -2.23. The highest BCUT2D eigenvalue weighted by molar-refractivity contribution is 6.33. The molecule has 0 fully saturated rings. The topological polar surface area (TPSA) is 29.3 Å². The third-order valence-electron chi connectivity index (χ3n) is 3.35. The third-order valence-corrected chi connectivity index (χ3v) is 4.02. The van der Waals surface area contributed by atoms with Gasteiger partial charge in [-0.05, 0) is 30.7 Å². The maximum Gasteiger partial charge on any atom is 0.0741 e. The van der Waals surface area contributed by atoms with E-state index in [9.17, 15) is 0 Å². The van der Waals surface area contributed by atoms with Crippen molar-refractivity contribution >= 4 is 34.6 Å². The highest BCUT2D eigenvalue weighted by atomic mass is 35.5. The largest absolute Gasteiger partial charge is 0.396 e. The van der Waals surface area contributed by atoms with E-state index in [4.69, 9.17) is 28.9 Å². The number of anilines is 2. The Morgan fingerprint density at radius 1 is 1.00 bits per heavy atom. The first kappa shape index (κ1) is 14.0. The summed E-state index contributed by atoms with van der Waals surface area (Å²) < 4.78 is 0. The Morgan fingerprint density at radius 2 is 1.63 bits per heavy atom. The molecule has 0 aliphatic carbocycles. The van der Waals surface area contributed by atoms with E-state index in [2.05, 4.69) is 11.8 Å². The van der Waals surface area contributed by atoms with Gasteiger partial charge in [0.15, 0.2) is 0 Å². The van der Waals surface area contributed by atoms with Gasteiger partial charge in [-0.15, -0.1) is 0 Å². The number of para-hydroxylation sites is 1. The second kappa shape index (κ2) is 5.72. The minimum atomic E-state index is 0.106. The normalized spacial score (nSPS) is 12.2. The molecule has 2 nitrogen and oxygen atoms in total. The van der Waals surface area contributed by atoms with Crippen molar-refractivity contribution in [2.45, 2.75) is 13.0 Å². The summed E-state index contributed by atoms with van der Waals surface area (Å²) in [6, 6.07) is 13.5. The van der Waals surface area contributed by atoms with Gasteiger partial charge < -0.3 is 10.6 Å². The van der Waals surface area contributed by atoms with E-state index in [1.165, 1.54) is 0 Å². The van der Waals surface area contributed by atoms with Crippen molar-refractivity contribution in [1.29, 1.82) is 0 Å². The quantitative estimate of drug-likeness (QED) is 0.826. The zero-order valence-electron chi connectivity index (χ0n) is 10.9. The number of rotatable bonds is 3. The van der Waals surface area contributed by atoms with E-state index >= 15 is 0 Å². The molecule has 2 aromatic rings. The average molecular weight is 295 g/mol. The highest BCUT2D eigenvalue weighted by Crippen LogP contribution is 2.35. The fourth-order valence-corrected chi connectivity index (χ4v) is 2.53. The van der Waals surface area contributed by atoms with E-state index in [1.807, 2.05) is 43.4 Å². The zero-order valence-corrected chi connectivity index (χ0v) is 12.4. The minimum absolute atomic E-state index is 0.106. The van der Waals surface area contributed by atoms with E-state index in [0.29, 0.717) is 10.7 Å². The van der Waals surface area contributed by atoms with Gasteiger partial charge in [-0.2, -0.15) is 0 Å². The Labute approximate surface area is 123 Å². The van der Waals surface area contributed by atoms with Crippen molar-refractivity contribution in [1.82, 2.24) is 0 Å². The lowest BCUT2D eigenvalue weighted by molar-refractivity contribution is 0.741. The van der Waals surface area contributed by atoms with Crippen LogP contribution in [0.3, 0.4) is 0 Å². The van der Waals surface area contributed by atoms with Crippen molar-refractivity contribution in [3.05, 3.63) is 58.1 Å². The first-order valence-electron chi connectivity index (χ1n) is 6.03. The smallest absolute Gasteiger partial charge is 0.0741 e. The Balaban J connectivity index is 2.37. The second-order valence-electron chi connectivity index (χ2n) is 4.48. The molecule has 0 aliphatic rings. The van der Waals surface area contributed by atoms with Crippen LogP contribution in [0.25, 0.3) is 0 Å². The minimum Gasteiger partial charge on any atom is -0.396 e. The van der Waals surface area contributed by atoms with Gasteiger partial charge in [0.05, 0.1) is 22.4 Å². The van der Waals surface area contributed by atoms with Crippen molar-refractivity contribution in [2.75, 3.05) is 17.7 Å². The van der Waals surface area contributed by atoms with Crippen LogP contribution in [0.5, 0.6) is 0 Å². The summed E-state index contributed by atoms with van der Waals surface area (Å²) in [5.41, 5.74) is 8.58. The number of benzene rings is 2. The number of nitrogens with zero attached hydrogens (tertiary/aromatic N) is 1. The van der Waals surface area contributed by atoms with Gasteiger partial charge in [0.2, 0.25) is 0 Å². The number of nitrogens with two attached hydrogens (primary N) is 1. The zero-order chi connectivity index (χ0) is 14.0. The van der Waals surface area contributed by atoms with Crippen LogP contribution in [-0.4, -0.2) is 7.05 Å². The van der Waals surface area contributed by atoms with Gasteiger partial charge in [-0.25, -0.2) is 0 Å². The van der Waals surface area contributed by atoms with Crippen LogP contribution in [0.4, 0.5) is 11.4 Å². The molecular weight excluding hydrogens is 279 g/mol. The standard InChI is InChI=1S/C15H16Cl2N2/c1-10(11-6-3-4-7-12(11)16)19(2)14-9-5-8-13(17)15(14)18/h3-10H,18H2,1-2H3. The Hall–Kier alpha value is -1.38. The van der Waals surface area contributed by atoms with Crippen LogP contribution in [0, 0.1) is 0 Å². The van der Waals surface area contributed by atoms with Gasteiger partial charge in [-0.3, -0.25) is 0 Å². The van der Waals surface area contributed by atoms with Crippen LogP contribution in [0.15, 0.2) is 42.5 Å². The van der Waals surface area contributed by atoms with Crippen molar-refractivity contribution in [3.63, 3.8) is 0 Å². The molecule has 19 heavy (non-hydrogen) atoms. The summed E-state index contributed by atoms with van der Waals surface area (Å²) in [5.74, 6) is 0. The SMILES string of the molecule is CC(c1ccccc1Cl)N(C)c1cccc(Cl)c1N. The summed E-state index contributed by atoms with van der Waals surface area (Å²) in [6.45, 7) is 2.08. The van der Waals surface area contributed by atoms with Crippen LogP contribution in [0.1, 0.15) is 18.5 Å². The molecule has 0 radical (unpaired) electrons. The van der Waals surface area contributed by atoms with Crippen LogP contribution in [0.2, 0.25) is 10.0 Å². The molecule has 1 unspecified atom stereocenters. The van der Waals surface area contributed by atoms with E-state index in [0.717, 1.165) is 16.3 Å². The van der Waals surface area contributed by atoms with Gasteiger partial charge in [0.25, 0.3) is 0 Å². The molecule has 4 heteroatoms. The Bertz CT molecular complexity index is 584. The molecule has 2 aromatic carbocycles. The molecule has 0 aliphatic heterocycles. The van der Waals surface area contributed by atoms with Crippen molar-refractivity contribution < 1.29 is 0 Å². The van der Waals surface area contributed by atoms with Crippen LogP contribution < -0.4 is 10.6 Å². The van der Waals surface area contributed by atoms with Gasteiger partial charge >= 0.3 is 0 Å². The summed E-state index contributed by atoms with van der Waals surface area (Å²) in [6.07, 6.45) is 0. The summed E-state index contributed by atoms with van der Waals surface area (Å²) in [4.78, 5) is 2.07. The lowest BCUT2D eigenvalue weighted by atomic mass is 10.1. The molecule has 0 aromatic heterocycles. The molecule has 0 heterocycles. The molecule has 1 atom stereocenters. The molecule has 0 saturated heterocycles. The average Bonchev–Trinajstić information content (AvgIpc) is 2.41. The predicted molar refractivity (Wildman–Crippen MR) is 84.1 cm³/mol. The molecule has 2 rings (SSSR count). The van der Waals surface area contributed by atoms with E-state index < -0.39 is 0 Å². The molecular formula is C15H16Cl2N2. The molecule has 0 saturated carbocycles. The molecule has 0 amide bonds. The van der Waals surface area contributed by atoms with Crippen molar-refractivity contribution in [3.8, 4) is 0 Å². The third kappa shape index (κ3) is 2.80. The maximum atomic E-state index is 6.24. The van der Waals surface area contributed by atoms with E-state index in [-0.39, 0.29) is 6.04 Å². The monoisotopic (exact) mass is 294 g/mol. The van der Waals surface area contributed by atoms with Crippen molar-refractivity contribution in [2.24, 2.45) is 0 Å². The highest BCUT2D eigenvalue weighted by Gasteiger charge is 2.17. The fraction of sp³-hybridized carbons (Fsp3) is 0.200. The summed E-state index contributed by atoms with van der Waals surface area (Å²) in [5, 5.41) is 1.32. The summed E-state index contributed by atoms with van der Waals surface area (Å²) in [7, 11) is 1.98. The number of hydrogen-bond acceptors (Lipinski definition) is 2. The molecule has 0 bridgehead atoms. The molecule has 100 valence electrons. The van der Waals surface area contributed by atoms with E-state index in [1.54, 1.807) is 6.07 Å². The predicted octanol–water partition coefficient (Wildman–Crippen LogP) is 4.77. The van der Waals surface area contributed by atoms with Gasteiger partial charge in [0, 0.05) is 12.1 Å². The Morgan fingerprint density at radius 3 is 2.32 bits per heavy atom. The fourth-order valence-electron chi connectivity index (χ4n) is 2.06. The van der Waals surface area contributed by atoms with Crippen LogP contribution in [-0.2, 0) is 0 Å². The first-order valence-corrected chi connectivity index (χ1v) is 6.79. The number of hydrogen-bond donors (Lipinski definition) is 1. The summed E-state index contributed by atoms with van der Waals surface area (Å²) >= 11 is 12.3.